The Morgan fingerprint density at radius 3 is 2.84 bits per heavy atom. The summed E-state index contributed by atoms with van der Waals surface area (Å²) in [7, 11) is 1.85. The van der Waals surface area contributed by atoms with E-state index in [2.05, 4.69) is 29.4 Å². The fourth-order valence-electron chi connectivity index (χ4n) is 2.23. The molecule has 0 radical (unpaired) electrons. The molecule has 2 aromatic rings. The van der Waals surface area contributed by atoms with Crippen LogP contribution in [0.4, 0.5) is 0 Å². The maximum absolute atomic E-state index is 11.9. The monoisotopic (exact) mass is 259 g/mol. The summed E-state index contributed by atoms with van der Waals surface area (Å²) in [6, 6.07) is 8.20. The van der Waals surface area contributed by atoms with Gasteiger partial charge in [-0.2, -0.15) is 0 Å². The quantitative estimate of drug-likeness (QED) is 0.863. The number of amides is 1. The van der Waals surface area contributed by atoms with Crippen LogP contribution < -0.4 is 5.32 Å². The Bertz CT molecular complexity index is 574. The van der Waals surface area contributed by atoms with Gasteiger partial charge < -0.3 is 15.2 Å². The molecule has 0 fully saturated rings. The number of benzene rings is 1. The molecule has 19 heavy (non-hydrogen) atoms. The van der Waals surface area contributed by atoms with Crippen LogP contribution in [0.25, 0.3) is 10.9 Å². The first-order chi connectivity index (χ1) is 9.13. The lowest BCUT2D eigenvalue weighted by atomic mass is 10.1. The molecule has 4 nitrogen and oxygen atoms in total. The van der Waals surface area contributed by atoms with Crippen molar-refractivity contribution >= 4 is 16.8 Å². The van der Waals surface area contributed by atoms with E-state index in [9.17, 15) is 4.79 Å². The predicted molar refractivity (Wildman–Crippen MR) is 78.1 cm³/mol. The Hall–Kier alpha value is -1.81. The fraction of sp³-hybridized carbons (Fsp3) is 0.400. The van der Waals surface area contributed by atoms with Crippen LogP contribution in [0.2, 0.25) is 0 Å². The third-order valence-corrected chi connectivity index (χ3v) is 3.37. The molecule has 0 aliphatic carbocycles. The highest BCUT2D eigenvalue weighted by atomic mass is 16.2. The van der Waals surface area contributed by atoms with E-state index in [0.717, 1.165) is 17.8 Å². The van der Waals surface area contributed by atoms with Gasteiger partial charge in [0.25, 0.3) is 0 Å². The molecule has 0 saturated heterocycles. The highest BCUT2D eigenvalue weighted by Gasteiger charge is 2.13. The van der Waals surface area contributed by atoms with Gasteiger partial charge in [-0.25, -0.2) is 0 Å². The van der Waals surface area contributed by atoms with Gasteiger partial charge in [-0.05, 0) is 25.1 Å². The van der Waals surface area contributed by atoms with Gasteiger partial charge in [0, 0.05) is 30.2 Å². The molecule has 1 heterocycles. The smallest absolute Gasteiger partial charge is 0.236 e. The van der Waals surface area contributed by atoms with Gasteiger partial charge in [0.15, 0.2) is 0 Å². The number of aromatic amines is 1. The third kappa shape index (κ3) is 2.96. The molecule has 2 rings (SSSR count). The van der Waals surface area contributed by atoms with E-state index in [1.165, 1.54) is 10.9 Å². The Kier molecular flexibility index (Phi) is 4.22. The van der Waals surface area contributed by atoms with Crippen LogP contribution in [-0.2, 0) is 11.3 Å². The zero-order valence-corrected chi connectivity index (χ0v) is 11.8. The molecule has 1 aromatic carbocycles. The maximum Gasteiger partial charge on any atom is 0.236 e. The summed E-state index contributed by atoms with van der Waals surface area (Å²) in [4.78, 5) is 17.1. The molecular weight excluding hydrogens is 238 g/mol. The van der Waals surface area contributed by atoms with Crippen LogP contribution in [-0.4, -0.2) is 35.9 Å². The van der Waals surface area contributed by atoms with Gasteiger partial charge in [0.1, 0.15) is 0 Å². The number of hydrogen-bond donors (Lipinski definition) is 2. The van der Waals surface area contributed by atoms with Crippen LogP contribution in [0.5, 0.6) is 0 Å². The van der Waals surface area contributed by atoms with E-state index in [-0.39, 0.29) is 5.91 Å². The van der Waals surface area contributed by atoms with E-state index in [4.69, 9.17) is 0 Å². The molecule has 0 aliphatic heterocycles. The van der Waals surface area contributed by atoms with E-state index in [0.29, 0.717) is 13.1 Å². The highest BCUT2D eigenvalue weighted by Crippen LogP contribution is 2.22. The molecule has 0 saturated carbocycles. The summed E-state index contributed by atoms with van der Waals surface area (Å²) < 4.78 is 0. The Balaban J connectivity index is 2.16. The minimum atomic E-state index is 0.117. The van der Waals surface area contributed by atoms with Gasteiger partial charge >= 0.3 is 0 Å². The molecular formula is C15H21N3O. The van der Waals surface area contributed by atoms with Crippen molar-refractivity contribution in [3.8, 4) is 0 Å². The molecule has 0 spiro atoms. The molecule has 0 unspecified atom stereocenters. The summed E-state index contributed by atoms with van der Waals surface area (Å²) in [5.41, 5.74) is 3.45. The Labute approximate surface area is 113 Å². The maximum atomic E-state index is 11.9. The van der Waals surface area contributed by atoms with Crippen molar-refractivity contribution in [2.45, 2.75) is 20.4 Å². The zero-order valence-electron chi connectivity index (χ0n) is 11.8. The topological polar surface area (TPSA) is 48.1 Å². The summed E-state index contributed by atoms with van der Waals surface area (Å²) in [6.45, 7) is 5.90. The van der Waals surface area contributed by atoms with Gasteiger partial charge in [-0.15, -0.1) is 0 Å². The first kappa shape index (κ1) is 13.6. The molecule has 102 valence electrons. The summed E-state index contributed by atoms with van der Waals surface area (Å²) >= 11 is 0. The van der Waals surface area contributed by atoms with Crippen molar-refractivity contribution in [2.24, 2.45) is 0 Å². The zero-order chi connectivity index (χ0) is 13.8. The first-order valence-corrected chi connectivity index (χ1v) is 6.64. The third-order valence-electron chi connectivity index (χ3n) is 3.37. The van der Waals surface area contributed by atoms with E-state index >= 15 is 0 Å². The minimum absolute atomic E-state index is 0.117. The molecule has 2 N–H and O–H groups in total. The number of nitrogens with one attached hydrogen (secondary N) is 2. The lowest BCUT2D eigenvalue weighted by Crippen LogP contribution is -2.35. The van der Waals surface area contributed by atoms with Crippen molar-refractivity contribution in [3.63, 3.8) is 0 Å². The highest BCUT2D eigenvalue weighted by molar-refractivity contribution is 5.85. The molecule has 0 bridgehead atoms. The van der Waals surface area contributed by atoms with Gasteiger partial charge in [-0.1, -0.05) is 25.1 Å². The normalized spacial score (nSPS) is 10.9. The number of carbonyl (C=O) groups excluding carboxylic acids is 1. The number of carbonyl (C=O) groups is 1. The molecule has 0 aliphatic rings. The second-order valence-electron chi connectivity index (χ2n) is 4.80. The van der Waals surface area contributed by atoms with E-state index < -0.39 is 0 Å². The second kappa shape index (κ2) is 5.89. The van der Waals surface area contributed by atoms with E-state index in [1.54, 1.807) is 4.90 Å². The molecule has 4 heteroatoms. The Morgan fingerprint density at radius 1 is 1.37 bits per heavy atom. The van der Waals surface area contributed by atoms with Gasteiger partial charge in [-0.3, -0.25) is 4.79 Å². The van der Waals surface area contributed by atoms with Crippen molar-refractivity contribution < 1.29 is 4.79 Å². The van der Waals surface area contributed by atoms with Crippen LogP contribution in [0, 0.1) is 6.92 Å². The van der Waals surface area contributed by atoms with Gasteiger partial charge in [0.2, 0.25) is 5.91 Å². The molecule has 1 aromatic heterocycles. The number of nitrogens with zero attached hydrogens (tertiary/aromatic N) is 1. The van der Waals surface area contributed by atoms with Gasteiger partial charge in [0.05, 0.1) is 6.54 Å². The molecule has 1 amide bonds. The Morgan fingerprint density at radius 2 is 2.11 bits per heavy atom. The number of aromatic nitrogens is 1. The second-order valence-corrected chi connectivity index (χ2v) is 4.80. The summed E-state index contributed by atoms with van der Waals surface area (Å²) in [6.07, 6.45) is 0. The summed E-state index contributed by atoms with van der Waals surface area (Å²) in [5, 5.41) is 4.26. The average Bonchev–Trinajstić information content (AvgIpc) is 2.72. The average molecular weight is 259 g/mol. The lowest BCUT2D eigenvalue weighted by Gasteiger charge is -2.17. The fourth-order valence-corrected chi connectivity index (χ4v) is 2.23. The predicted octanol–water partition coefficient (Wildman–Crippen LogP) is 2.04. The van der Waals surface area contributed by atoms with Crippen molar-refractivity contribution in [2.75, 3.05) is 20.1 Å². The number of aryl methyl sites for hydroxylation is 1. The van der Waals surface area contributed by atoms with Crippen molar-refractivity contribution in [3.05, 3.63) is 35.5 Å². The number of rotatable bonds is 5. The summed E-state index contributed by atoms with van der Waals surface area (Å²) in [5.74, 6) is 0.117. The van der Waals surface area contributed by atoms with Crippen LogP contribution in [0.15, 0.2) is 24.3 Å². The van der Waals surface area contributed by atoms with Crippen molar-refractivity contribution in [1.82, 2.24) is 15.2 Å². The molecule has 0 atom stereocenters. The standard InChI is InChI=1S/C15H21N3O/c1-4-16-9-15(19)18(3)10-13-11(2)17-14-8-6-5-7-12(13)14/h5-8,16-17H,4,9-10H2,1-3H3. The van der Waals surface area contributed by atoms with Crippen LogP contribution >= 0.6 is 0 Å². The van der Waals surface area contributed by atoms with Crippen molar-refractivity contribution in [1.29, 1.82) is 0 Å². The lowest BCUT2D eigenvalue weighted by molar-refractivity contribution is -0.129. The number of likely N-dealkylation sites (N-methyl/N-ethyl adjacent to an activating group) is 2. The number of fused-ring (bicyclic) bond motifs is 1. The van der Waals surface area contributed by atoms with Crippen LogP contribution in [0.1, 0.15) is 18.2 Å². The van der Waals surface area contributed by atoms with E-state index in [1.807, 2.05) is 26.1 Å². The SMILES string of the molecule is CCNCC(=O)N(C)Cc1c(C)[nH]c2ccccc12. The number of para-hydroxylation sites is 1. The number of H-pyrrole nitrogens is 1. The largest absolute Gasteiger partial charge is 0.358 e. The number of hydrogen-bond acceptors (Lipinski definition) is 2. The first-order valence-electron chi connectivity index (χ1n) is 6.64. The van der Waals surface area contributed by atoms with Crippen LogP contribution in [0.3, 0.4) is 0 Å². The minimum Gasteiger partial charge on any atom is -0.358 e.